The maximum absolute atomic E-state index is 5.69. The van der Waals surface area contributed by atoms with E-state index >= 15 is 0 Å². The molecule has 0 aromatic heterocycles. The smallest absolute Gasteiger partial charge is 0.0223 e. The Bertz CT molecular complexity index is 143. The van der Waals surface area contributed by atoms with Gasteiger partial charge in [-0.25, -0.2) is 0 Å². The van der Waals surface area contributed by atoms with E-state index < -0.39 is 0 Å². The number of rotatable bonds is 7. The van der Waals surface area contributed by atoms with E-state index in [-0.39, 0.29) is 0 Å². The van der Waals surface area contributed by atoms with E-state index in [4.69, 9.17) is 11.6 Å². The second-order valence-corrected chi connectivity index (χ2v) is 5.05. The molecule has 0 unspecified atom stereocenters. The topological polar surface area (TPSA) is 3.24 Å². The first-order valence-electron chi connectivity index (χ1n) is 6.68. The SMILES string of the molecule is CCN(CCCCCCl)C1CCCCC1. The molecule has 1 rings (SSSR count). The molecule has 2 heteroatoms. The molecule has 1 nitrogen and oxygen atoms in total. The fourth-order valence-corrected chi connectivity index (χ4v) is 2.82. The summed E-state index contributed by atoms with van der Waals surface area (Å²) in [6, 6.07) is 0.889. The highest BCUT2D eigenvalue weighted by Gasteiger charge is 2.18. The first-order chi connectivity index (χ1) is 7.38. The Morgan fingerprint density at radius 1 is 1.07 bits per heavy atom. The Kier molecular flexibility index (Phi) is 7.46. The van der Waals surface area contributed by atoms with Crippen molar-refractivity contribution in [3.63, 3.8) is 0 Å². The zero-order chi connectivity index (χ0) is 10.9. The Morgan fingerprint density at radius 3 is 2.40 bits per heavy atom. The second kappa shape index (κ2) is 8.41. The quantitative estimate of drug-likeness (QED) is 0.472. The van der Waals surface area contributed by atoms with Crippen LogP contribution in [0.2, 0.25) is 0 Å². The minimum absolute atomic E-state index is 0.829. The van der Waals surface area contributed by atoms with Gasteiger partial charge in [-0.15, -0.1) is 11.6 Å². The van der Waals surface area contributed by atoms with E-state index in [2.05, 4.69) is 11.8 Å². The van der Waals surface area contributed by atoms with E-state index in [1.54, 1.807) is 0 Å². The van der Waals surface area contributed by atoms with Crippen LogP contribution in [0.15, 0.2) is 0 Å². The Labute approximate surface area is 100 Å². The van der Waals surface area contributed by atoms with Gasteiger partial charge in [-0.05, 0) is 38.8 Å². The van der Waals surface area contributed by atoms with Crippen molar-refractivity contribution in [1.29, 1.82) is 0 Å². The van der Waals surface area contributed by atoms with Crippen LogP contribution in [0.4, 0.5) is 0 Å². The largest absolute Gasteiger partial charge is 0.301 e. The van der Waals surface area contributed by atoms with E-state index in [1.807, 2.05) is 0 Å². The van der Waals surface area contributed by atoms with Gasteiger partial charge in [0.25, 0.3) is 0 Å². The molecule has 0 atom stereocenters. The zero-order valence-electron chi connectivity index (χ0n) is 10.2. The molecule has 0 spiro atoms. The van der Waals surface area contributed by atoms with Crippen molar-refractivity contribution in [2.75, 3.05) is 19.0 Å². The van der Waals surface area contributed by atoms with Crippen LogP contribution in [0.5, 0.6) is 0 Å². The van der Waals surface area contributed by atoms with Crippen molar-refractivity contribution in [3.8, 4) is 0 Å². The first kappa shape index (κ1) is 13.3. The number of hydrogen-bond donors (Lipinski definition) is 0. The van der Waals surface area contributed by atoms with Gasteiger partial charge in [0.05, 0.1) is 0 Å². The third-order valence-corrected chi connectivity index (χ3v) is 3.84. The lowest BCUT2D eigenvalue weighted by molar-refractivity contribution is 0.161. The Hall–Kier alpha value is 0.250. The predicted molar refractivity (Wildman–Crippen MR) is 68.7 cm³/mol. The van der Waals surface area contributed by atoms with Crippen LogP contribution in [0, 0.1) is 0 Å². The number of alkyl halides is 1. The third-order valence-electron chi connectivity index (χ3n) is 3.58. The zero-order valence-corrected chi connectivity index (χ0v) is 10.9. The summed E-state index contributed by atoms with van der Waals surface area (Å²) in [6.45, 7) is 4.82. The molecule has 1 fully saturated rings. The monoisotopic (exact) mass is 231 g/mol. The van der Waals surface area contributed by atoms with Crippen molar-refractivity contribution < 1.29 is 0 Å². The van der Waals surface area contributed by atoms with Gasteiger partial charge in [0.15, 0.2) is 0 Å². The van der Waals surface area contributed by atoms with E-state index in [0.29, 0.717) is 0 Å². The summed E-state index contributed by atoms with van der Waals surface area (Å²) < 4.78 is 0. The summed E-state index contributed by atoms with van der Waals surface area (Å²) in [5, 5.41) is 0. The molecule has 0 aromatic carbocycles. The summed E-state index contributed by atoms with van der Waals surface area (Å²) in [6.07, 6.45) is 11.0. The predicted octanol–water partition coefficient (Wildman–Crippen LogP) is 4.05. The van der Waals surface area contributed by atoms with Crippen LogP contribution in [-0.2, 0) is 0 Å². The first-order valence-corrected chi connectivity index (χ1v) is 7.22. The number of unbranched alkanes of at least 4 members (excludes halogenated alkanes) is 2. The van der Waals surface area contributed by atoms with Crippen LogP contribution in [0.25, 0.3) is 0 Å². The van der Waals surface area contributed by atoms with Gasteiger partial charge >= 0.3 is 0 Å². The summed E-state index contributed by atoms with van der Waals surface area (Å²) in [7, 11) is 0. The lowest BCUT2D eigenvalue weighted by atomic mass is 9.94. The van der Waals surface area contributed by atoms with Crippen LogP contribution in [0.1, 0.15) is 58.3 Å². The van der Waals surface area contributed by atoms with Gasteiger partial charge in [-0.1, -0.05) is 32.6 Å². The van der Waals surface area contributed by atoms with Gasteiger partial charge in [0.2, 0.25) is 0 Å². The second-order valence-electron chi connectivity index (χ2n) is 4.67. The average Bonchev–Trinajstić information content (AvgIpc) is 2.30. The minimum Gasteiger partial charge on any atom is -0.301 e. The fourth-order valence-electron chi connectivity index (χ4n) is 2.63. The molecule has 1 saturated carbocycles. The molecule has 1 aliphatic rings. The van der Waals surface area contributed by atoms with Gasteiger partial charge in [0, 0.05) is 11.9 Å². The van der Waals surface area contributed by atoms with Crippen molar-refractivity contribution >= 4 is 11.6 Å². The lowest BCUT2D eigenvalue weighted by Gasteiger charge is -2.33. The van der Waals surface area contributed by atoms with Gasteiger partial charge < -0.3 is 4.90 Å². The lowest BCUT2D eigenvalue weighted by Crippen LogP contribution is -2.37. The summed E-state index contributed by atoms with van der Waals surface area (Å²) in [5.74, 6) is 0.829. The summed E-state index contributed by atoms with van der Waals surface area (Å²) in [4.78, 5) is 2.69. The van der Waals surface area contributed by atoms with Crippen molar-refractivity contribution in [2.45, 2.75) is 64.3 Å². The van der Waals surface area contributed by atoms with E-state index in [0.717, 1.165) is 11.9 Å². The van der Waals surface area contributed by atoms with Gasteiger partial charge in [0.1, 0.15) is 0 Å². The molecule has 0 amide bonds. The van der Waals surface area contributed by atoms with Gasteiger partial charge in [-0.2, -0.15) is 0 Å². The van der Waals surface area contributed by atoms with Crippen molar-refractivity contribution in [2.24, 2.45) is 0 Å². The number of halogens is 1. The molecule has 0 N–H and O–H groups in total. The molecule has 0 aliphatic heterocycles. The minimum atomic E-state index is 0.829. The van der Waals surface area contributed by atoms with Crippen LogP contribution in [0.3, 0.4) is 0 Å². The van der Waals surface area contributed by atoms with Crippen LogP contribution in [-0.4, -0.2) is 29.9 Å². The standard InChI is InChI=1S/C13H26ClN/c1-2-15(12-8-4-7-11-14)13-9-5-3-6-10-13/h13H,2-12H2,1H3. The molecule has 0 aromatic rings. The molecule has 0 saturated heterocycles. The van der Waals surface area contributed by atoms with Crippen LogP contribution >= 0.6 is 11.6 Å². The maximum atomic E-state index is 5.69. The molecule has 15 heavy (non-hydrogen) atoms. The highest BCUT2D eigenvalue weighted by atomic mass is 35.5. The van der Waals surface area contributed by atoms with Crippen molar-refractivity contribution in [3.05, 3.63) is 0 Å². The molecular weight excluding hydrogens is 206 g/mol. The Balaban J connectivity index is 2.15. The highest BCUT2D eigenvalue weighted by Crippen LogP contribution is 2.22. The van der Waals surface area contributed by atoms with Crippen LogP contribution < -0.4 is 0 Å². The normalized spacial score (nSPS) is 18.6. The molecule has 90 valence electrons. The van der Waals surface area contributed by atoms with Crippen molar-refractivity contribution in [1.82, 2.24) is 4.90 Å². The van der Waals surface area contributed by atoms with E-state index in [9.17, 15) is 0 Å². The number of hydrogen-bond acceptors (Lipinski definition) is 1. The third kappa shape index (κ3) is 5.21. The average molecular weight is 232 g/mol. The molecule has 1 aliphatic carbocycles. The Morgan fingerprint density at radius 2 is 1.80 bits per heavy atom. The molecular formula is C13H26ClN. The number of nitrogens with zero attached hydrogens (tertiary/aromatic N) is 1. The molecule has 0 heterocycles. The van der Waals surface area contributed by atoms with Gasteiger partial charge in [-0.3, -0.25) is 0 Å². The fraction of sp³-hybridized carbons (Fsp3) is 1.00. The highest BCUT2D eigenvalue weighted by molar-refractivity contribution is 6.17. The maximum Gasteiger partial charge on any atom is 0.0223 e. The van der Waals surface area contributed by atoms with E-state index in [1.165, 1.54) is 64.5 Å². The summed E-state index contributed by atoms with van der Waals surface area (Å²) in [5.41, 5.74) is 0. The molecule has 0 radical (unpaired) electrons. The summed E-state index contributed by atoms with van der Waals surface area (Å²) >= 11 is 5.69. The molecule has 0 bridgehead atoms.